The smallest absolute Gasteiger partial charge is 0.255 e. The van der Waals surface area contributed by atoms with Crippen molar-refractivity contribution in [2.45, 2.75) is 39.2 Å². The molecular weight excluding hydrogens is 342 g/mol. The number of fused-ring (bicyclic) bond motifs is 1. The maximum atomic E-state index is 13.3. The summed E-state index contributed by atoms with van der Waals surface area (Å²) >= 11 is 1.58. The molecule has 0 saturated carbocycles. The summed E-state index contributed by atoms with van der Waals surface area (Å²) in [6.07, 6.45) is 5.04. The minimum atomic E-state index is 0.0857. The summed E-state index contributed by atoms with van der Waals surface area (Å²) < 4.78 is 2.07. The van der Waals surface area contributed by atoms with E-state index in [1.807, 2.05) is 37.2 Å². The highest BCUT2D eigenvalue weighted by atomic mass is 32.1. The molecule has 134 valence electrons. The molecule has 0 bridgehead atoms. The molecule has 4 nitrogen and oxygen atoms in total. The van der Waals surface area contributed by atoms with Gasteiger partial charge >= 0.3 is 0 Å². The van der Waals surface area contributed by atoms with Gasteiger partial charge in [-0.1, -0.05) is 24.3 Å². The summed E-state index contributed by atoms with van der Waals surface area (Å²) in [5, 5.41) is 2.87. The fourth-order valence-electron chi connectivity index (χ4n) is 4.06. The second-order valence-electron chi connectivity index (χ2n) is 6.96. The minimum Gasteiger partial charge on any atom is -0.335 e. The number of rotatable bonds is 3. The van der Waals surface area contributed by atoms with E-state index in [9.17, 15) is 4.79 Å². The Kier molecular flexibility index (Phi) is 4.41. The van der Waals surface area contributed by atoms with Gasteiger partial charge in [-0.25, -0.2) is 4.98 Å². The first-order valence-electron chi connectivity index (χ1n) is 9.01. The van der Waals surface area contributed by atoms with Gasteiger partial charge in [0.25, 0.3) is 5.91 Å². The molecule has 0 radical (unpaired) electrons. The second kappa shape index (κ2) is 6.72. The van der Waals surface area contributed by atoms with Crippen LogP contribution in [0.25, 0.3) is 5.13 Å². The zero-order chi connectivity index (χ0) is 18.3. The van der Waals surface area contributed by atoms with E-state index < -0.39 is 0 Å². The van der Waals surface area contributed by atoms with E-state index in [1.54, 1.807) is 17.5 Å². The lowest BCUT2D eigenvalue weighted by Gasteiger charge is -2.33. The van der Waals surface area contributed by atoms with Gasteiger partial charge in [-0.15, -0.1) is 11.3 Å². The molecule has 1 aromatic carbocycles. The normalized spacial score (nSPS) is 16.3. The van der Waals surface area contributed by atoms with E-state index in [1.165, 1.54) is 11.1 Å². The van der Waals surface area contributed by atoms with Gasteiger partial charge in [0, 0.05) is 30.0 Å². The molecule has 1 atom stereocenters. The van der Waals surface area contributed by atoms with Crippen LogP contribution in [0, 0.1) is 13.8 Å². The highest BCUT2D eigenvalue weighted by Gasteiger charge is 2.29. The van der Waals surface area contributed by atoms with Crippen LogP contribution < -0.4 is 0 Å². The summed E-state index contributed by atoms with van der Waals surface area (Å²) in [6.45, 7) is 4.03. The van der Waals surface area contributed by atoms with Gasteiger partial charge in [0.2, 0.25) is 0 Å². The number of nitrogens with zero attached hydrogens (tertiary/aromatic N) is 3. The van der Waals surface area contributed by atoms with Crippen LogP contribution in [0.1, 0.15) is 51.8 Å². The third-order valence-corrected chi connectivity index (χ3v) is 6.15. The number of benzene rings is 1. The maximum absolute atomic E-state index is 13.3. The summed E-state index contributed by atoms with van der Waals surface area (Å²) in [5.74, 6) is 0.0857. The Morgan fingerprint density at radius 1 is 1.31 bits per heavy atom. The molecule has 2 aromatic heterocycles. The molecule has 0 unspecified atom stereocenters. The Bertz CT molecular complexity index is 942. The van der Waals surface area contributed by atoms with Crippen molar-refractivity contribution in [1.29, 1.82) is 0 Å². The van der Waals surface area contributed by atoms with E-state index in [0.717, 1.165) is 41.3 Å². The largest absolute Gasteiger partial charge is 0.335 e. The zero-order valence-corrected chi connectivity index (χ0v) is 16.2. The van der Waals surface area contributed by atoms with Gasteiger partial charge < -0.3 is 4.90 Å². The monoisotopic (exact) mass is 365 g/mol. The van der Waals surface area contributed by atoms with Crippen LogP contribution >= 0.6 is 11.3 Å². The average Bonchev–Trinajstić information content (AvgIpc) is 3.27. The Balaban J connectivity index is 1.68. The predicted molar refractivity (Wildman–Crippen MR) is 105 cm³/mol. The highest BCUT2D eigenvalue weighted by molar-refractivity contribution is 7.12. The molecule has 0 fully saturated rings. The van der Waals surface area contributed by atoms with Gasteiger partial charge in [-0.05, 0) is 50.3 Å². The van der Waals surface area contributed by atoms with Gasteiger partial charge in [0.1, 0.15) is 0 Å². The highest BCUT2D eigenvalue weighted by Crippen LogP contribution is 2.35. The molecule has 1 aliphatic carbocycles. The molecule has 1 aliphatic rings. The van der Waals surface area contributed by atoms with E-state index in [-0.39, 0.29) is 11.9 Å². The van der Waals surface area contributed by atoms with Crippen LogP contribution in [0.2, 0.25) is 0 Å². The van der Waals surface area contributed by atoms with Gasteiger partial charge in [-0.3, -0.25) is 9.36 Å². The molecule has 26 heavy (non-hydrogen) atoms. The molecule has 0 spiro atoms. The number of hydrogen-bond acceptors (Lipinski definition) is 3. The lowest BCUT2D eigenvalue weighted by atomic mass is 9.87. The van der Waals surface area contributed by atoms with Crippen molar-refractivity contribution < 1.29 is 4.79 Å². The van der Waals surface area contributed by atoms with E-state index in [0.29, 0.717) is 0 Å². The van der Waals surface area contributed by atoms with Crippen molar-refractivity contribution in [3.05, 3.63) is 70.0 Å². The maximum Gasteiger partial charge on any atom is 0.255 e. The number of thiazole rings is 1. The number of carbonyl (C=O) groups is 1. The quantitative estimate of drug-likeness (QED) is 0.675. The Morgan fingerprint density at radius 2 is 2.12 bits per heavy atom. The Morgan fingerprint density at radius 3 is 2.88 bits per heavy atom. The summed E-state index contributed by atoms with van der Waals surface area (Å²) in [5.41, 5.74) is 5.43. The van der Waals surface area contributed by atoms with E-state index in [4.69, 9.17) is 0 Å². The Hall–Kier alpha value is -2.40. The van der Waals surface area contributed by atoms with Crippen LogP contribution in [0.4, 0.5) is 0 Å². The summed E-state index contributed by atoms with van der Waals surface area (Å²) in [4.78, 5) is 19.6. The van der Waals surface area contributed by atoms with Crippen molar-refractivity contribution in [3.8, 4) is 5.13 Å². The van der Waals surface area contributed by atoms with Crippen LogP contribution in [-0.2, 0) is 6.42 Å². The van der Waals surface area contributed by atoms with Gasteiger partial charge in [0.05, 0.1) is 11.6 Å². The first-order valence-corrected chi connectivity index (χ1v) is 9.89. The number of aromatic nitrogens is 2. The molecule has 0 N–H and O–H groups in total. The van der Waals surface area contributed by atoms with Crippen molar-refractivity contribution in [3.63, 3.8) is 0 Å². The zero-order valence-electron chi connectivity index (χ0n) is 15.4. The lowest BCUT2D eigenvalue weighted by molar-refractivity contribution is 0.0714. The summed E-state index contributed by atoms with van der Waals surface area (Å²) in [6, 6.07) is 10.7. The van der Waals surface area contributed by atoms with Crippen molar-refractivity contribution in [2.24, 2.45) is 0 Å². The molecule has 5 heteroatoms. The topological polar surface area (TPSA) is 38.1 Å². The number of amides is 1. The van der Waals surface area contributed by atoms with Gasteiger partial charge in [0.15, 0.2) is 5.13 Å². The first kappa shape index (κ1) is 17.0. The van der Waals surface area contributed by atoms with E-state index >= 15 is 0 Å². The van der Waals surface area contributed by atoms with Crippen molar-refractivity contribution in [2.75, 3.05) is 7.05 Å². The number of aryl methyl sites for hydroxylation is 2. The fourth-order valence-corrected chi connectivity index (χ4v) is 4.81. The van der Waals surface area contributed by atoms with Crippen LogP contribution in [-0.4, -0.2) is 27.4 Å². The molecule has 1 amide bonds. The van der Waals surface area contributed by atoms with Crippen molar-refractivity contribution >= 4 is 17.2 Å². The number of carbonyl (C=O) groups excluding carboxylic acids is 1. The minimum absolute atomic E-state index is 0.0857. The van der Waals surface area contributed by atoms with Crippen molar-refractivity contribution in [1.82, 2.24) is 14.5 Å². The predicted octanol–water partition coefficient (Wildman–Crippen LogP) is 4.70. The standard InChI is InChI=1S/C21H23N3OS/c1-14-13-18(15(2)24(14)21-22-11-12-26-21)20(25)23(3)19-10-6-8-16-7-4-5-9-17(16)19/h4-5,7,9,11-13,19H,6,8,10H2,1-3H3/t19-/m0/s1. The first-order chi connectivity index (χ1) is 12.6. The van der Waals surface area contributed by atoms with Crippen LogP contribution in [0.3, 0.4) is 0 Å². The second-order valence-corrected chi connectivity index (χ2v) is 7.83. The molecule has 4 rings (SSSR count). The third kappa shape index (κ3) is 2.76. The fraction of sp³-hybridized carbons (Fsp3) is 0.333. The molecular formula is C21H23N3OS. The molecule has 2 heterocycles. The molecule has 0 saturated heterocycles. The number of hydrogen-bond donors (Lipinski definition) is 0. The van der Waals surface area contributed by atoms with E-state index in [2.05, 4.69) is 33.8 Å². The summed E-state index contributed by atoms with van der Waals surface area (Å²) in [7, 11) is 1.94. The average molecular weight is 366 g/mol. The molecule has 3 aromatic rings. The Labute approximate surface area is 158 Å². The SMILES string of the molecule is Cc1cc(C(=O)N(C)[C@H]2CCCc3ccccc32)c(C)n1-c1nccs1. The lowest BCUT2D eigenvalue weighted by Crippen LogP contribution is -2.33. The third-order valence-electron chi connectivity index (χ3n) is 5.40. The molecule has 0 aliphatic heterocycles. The van der Waals surface area contributed by atoms with Crippen LogP contribution in [0.5, 0.6) is 0 Å². The van der Waals surface area contributed by atoms with Crippen LogP contribution in [0.15, 0.2) is 41.9 Å². The van der Waals surface area contributed by atoms with Gasteiger partial charge in [-0.2, -0.15) is 0 Å².